The minimum Gasteiger partial charge on any atom is -0.454 e. The van der Waals surface area contributed by atoms with Gasteiger partial charge in [-0.25, -0.2) is 4.79 Å². The molecular formula is C19H15NO5. The minimum atomic E-state index is -0.441. The molecule has 2 heterocycles. The Morgan fingerprint density at radius 3 is 2.80 bits per heavy atom. The van der Waals surface area contributed by atoms with Crippen LogP contribution in [0.3, 0.4) is 0 Å². The Morgan fingerprint density at radius 1 is 1.08 bits per heavy atom. The zero-order chi connectivity index (χ0) is 17.4. The van der Waals surface area contributed by atoms with E-state index in [9.17, 15) is 9.59 Å². The number of rotatable bonds is 3. The number of carbonyl (C=O) groups is 1. The average molecular weight is 337 g/mol. The summed E-state index contributed by atoms with van der Waals surface area (Å²) in [5, 5.41) is 3.64. The molecule has 4 rings (SSSR count). The molecule has 1 aliphatic rings. The SMILES string of the molecule is Cc1ccc2oc(=O)cc(CNC(=O)c3ccc4c(c3)OCO4)c2c1. The topological polar surface area (TPSA) is 77.8 Å². The number of fused-ring (bicyclic) bond motifs is 2. The van der Waals surface area contributed by atoms with Crippen molar-refractivity contribution >= 4 is 16.9 Å². The van der Waals surface area contributed by atoms with Crippen LogP contribution in [0.1, 0.15) is 21.5 Å². The smallest absolute Gasteiger partial charge is 0.336 e. The highest BCUT2D eigenvalue weighted by atomic mass is 16.7. The standard InChI is InChI=1S/C19H15NO5/c1-11-2-4-15-14(6-11)13(8-18(21)25-15)9-20-19(22)12-3-5-16-17(7-12)24-10-23-16/h2-8H,9-10H2,1H3,(H,20,22). The molecule has 126 valence electrons. The lowest BCUT2D eigenvalue weighted by Gasteiger charge is -2.09. The van der Waals surface area contributed by atoms with Crippen LogP contribution in [-0.2, 0) is 6.54 Å². The third-order valence-corrected chi connectivity index (χ3v) is 4.06. The van der Waals surface area contributed by atoms with Gasteiger partial charge in [-0.2, -0.15) is 0 Å². The molecule has 0 radical (unpaired) electrons. The van der Waals surface area contributed by atoms with Crippen LogP contribution >= 0.6 is 0 Å². The fourth-order valence-electron chi connectivity index (χ4n) is 2.80. The van der Waals surface area contributed by atoms with Crippen molar-refractivity contribution in [3.05, 3.63) is 69.6 Å². The maximum Gasteiger partial charge on any atom is 0.336 e. The van der Waals surface area contributed by atoms with Gasteiger partial charge in [-0.05, 0) is 42.8 Å². The third-order valence-electron chi connectivity index (χ3n) is 4.06. The van der Waals surface area contributed by atoms with Crippen LogP contribution in [0.15, 0.2) is 51.7 Å². The molecule has 2 aromatic carbocycles. The number of amides is 1. The summed E-state index contributed by atoms with van der Waals surface area (Å²) in [4.78, 5) is 24.1. The second-order valence-corrected chi connectivity index (χ2v) is 5.84. The lowest BCUT2D eigenvalue weighted by molar-refractivity contribution is 0.0950. The molecule has 3 aromatic rings. The lowest BCUT2D eigenvalue weighted by atomic mass is 10.1. The number of hydrogen-bond donors (Lipinski definition) is 1. The summed E-state index contributed by atoms with van der Waals surface area (Å²) < 4.78 is 15.7. The zero-order valence-corrected chi connectivity index (χ0v) is 13.5. The van der Waals surface area contributed by atoms with Crippen molar-refractivity contribution in [3.63, 3.8) is 0 Å². The zero-order valence-electron chi connectivity index (χ0n) is 13.5. The van der Waals surface area contributed by atoms with Gasteiger partial charge in [0.05, 0.1) is 0 Å². The first-order chi connectivity index (χ1) is 12.1. The summed E-state index contributed by atoms with van der Waals surface area (Å²) in [7, 11) is 0. The van der Waals surface area contributed by atoms with Gasteiger partial charge in [-0.15, -0.1) is 0 Å². The van der Waals surface area contributed by atoms with Crippen LogP contribution in [-0.4, -0.2) is 12.7 Å². The van der Waals surface area contributed by atoms with Gasteiger partial charge in [0.15, 0.2) is 11.5 Å². The summed E-state index contributed by atoms with van der Waals surface area (Å²) in [5.74, 6) is 0.917. The van der Waals surface area contributed by atoms with Crippen molar-refractivity contribution in [3.8, 4) is 11.5 Å². The van der Waals surface area contributed by atoms with Crippen LogP contribution in [0.25, 0.3) is 11.0 Å². The van der Waals surface area contributed by atoms with Crippen molar-refractivity contribution in [2.24, 2.45) is 0 Å². The van der Waals surface area contributed by atoms with Gasteiger partial charge in [0.2, 0.25) is 6.79 Å². The first-order valence-electron chi connectivity index (χ1n) is 7.81. The highest BCUT2D eigenvalue weighted by Crippen LogP contribution is 2.32. The molecule has 0 unspecified atom stereocenters. The van der Waals surface area contributed by atoms with Gasteiger partial charge in [0.1, 0.15) is 5.58 Å². The van der Waals surface area contributed by atoms with E-state index in [-0.39, 0.29) is 19.2 Å². The van der Waals surface area contributed by atoms with Crippen LogP contribution in [0.2, 0.25) is 0 Å². The molecule has 0 saturated heterocycles. The number of ether oxygens (including phenoxy) is 2. The van der Waals surface area contributed by atoms with Crippen LogP contribution in [0.4, 0.5) is 0 Å². The minimum absolute atomic E-state index is 0.158. The van der Waals surface area contributed by atoms with E-state index in [1.165, 1.54) is 6.07 Å². The Hall–Kier alpha value is -3.28. The monoisotopic (exact) mass is 337 g/mol. The fourth-order valence-corrected chi connectivity index (χ4v) is 2.80. The predicted octanol–water partition coefficient (Wildman–Crippen LogP) is 2.76. The average Bonchev–Trinajstić information content (AvgIpc) is 3.07. The van der Waals surface area contributed by atoms with Crippen molar-refractivity contribution in [2.45, 2.75) is 13.5 Å². The maximum atomic E-state index is 12.4. The third kappa shape index (κ3) is 2.94. The van der Waals surface area contributed by atoms with Gasteiger partial charge < -0.3 is 19.2 Å². The quantitative estimate of drug-likeness (QED) is 0.744. The van der Waals surface area contributed by atoms with E-state index >= 15 is 0 Å². The summed E-state index contributed by atoms with van der Waals surface area (Å²) >= 11 is 0. The van der Waals surface area contributed by atoms with E-state index in [2.05, 4.69) is 5.32 Å². The Morgan fingerprint density at radius 2 is 1.92 bits per heavy atom. The Balaban J connectivity index is 1.59. The second kappa shape index (κ2) is 5.98. The molecule has 0 bridgehead atoms. The molecule has 0 saturated carbocycles. The van der Waals surface area contributed by atoms with E-state index in [0.717, 1.165) is 10.9 Å². The molecule has 1 aliphatic heterocycles. The summed E-state index contributed by atoms with van der Waals surface area (Å²) in [6.45, 7) is 2.34. The molecule has 0 aliphatic carbocycles. The predicted molar refractivity (Wildman–Crippen MR) is 91.0 cm³/mol. The molecule has 0 atom stereocenters. The molecule has 0 spiro atoms. The second-order valence-electron chi connectivity index (χ2n) is 5.84. The van der Waals surface area contributed by atoms with E-state index < -0.39 is 5.63 Å². The molecular weight excluding hydrogens is 322 g/mol. The summed E-state index contributed by atoms with van der Waals surface area (Å²) in [6, 6.07) is 12.0. The van der Waals surface area contributed by atoms with E-state index in [4.69, 9.17) is 13.9 Å². The van der Waals surface area contributed by atoms with Gasteiger partial charge >= 0.3 is 5.63 Å². The number of benzene rings is 2. The number of carbonyl (C=O) groups excluding carboxylic acids is 1. The number of hydrogen-bond acceptors (Lipinski definition) is 5. The molecule has 25 heavy (non-hydrogen) atoms. The Bertz CT molecular complexity index is 1040. The molecule has 6 nitrogen and oxygen atoms in total. The molecule has 1 amide bonds. The van der Waals surface area contributed by atoms with E-state index in [0.29, 0.717) is 28.2 Å². The number of nitrogens with one attached hydrogen (secondary N) is 1. The molecule has 0 fully saturated rings. The van der Waals surface area contributed by atoms with E-state index in [1.807, 2.05) is 19.1 Å². The van der Waals surface area contributed by atoms with Crippen molar-refractivity contribution in [2.75, 3.05) is 6.79 Å². The van der Waals surface area contributed by atoms with E-state index in [1.54, 1.807) is 24.3 Å². The van der Waals surface area contributed by atoms with Gasteiger partial charge in [0, 0.05) is 23.6 Å². The first-order valence-corrected chi connectivity index (χ1v) is 7.81. The normalized spacial score (nSPS) is 12.4. The number of aryl methyl sites for hydroxylation is 1. The Kier molecular flexibility index (Phi) is 3.65. The van der Waals surface area contributed by atoms with Crippen molar-refractivity contribution in [1.82, 2.24) is 5.32 Å². The van der Waals surface area contributed by atoms with Gasteiger partial charge in [0.25, 0.3) is 5.91 Å². The molecule has 6 heteroatoms. The first kappa shape index (κ1) is 15.3. The highest BCUT2D eigenvalue weighted by Gasteiger charge is 2.16. The largest absolute Gasteiger partial charge is 0.454 e. The lowest BCUT2D eigenvalue weighted by Crippen LogP contribution is -2.23. The molecule has 1 N–H and O–H groups in total. The van der Waals surface area contributed by atoms with Crippen molar-refractivity contribution in [1.29, 1.82) is 0 Å². The molecule has 1 aromatic heterocycles. The van der Waals surface area contributed by atoms with Crippen LogP contribution in [0, 0.1) is 6.92 Å². The van der Waals surface area contributed by atoms with Crippen LogP contribution < -0.4 is 20.4 Å². The van der Waals surface area contributed by atoms with Gasteiger partial charge in [-0.3, -0.25) is 4.79 Å². The summed E-state index contributed by atoms with van der Waals surface area (Å²) in [6.07, 6.45) is 0. The summed E-state index contributed by atoms with van der Waals surface area (Å²) in [5.41, 5.74) is 2.29. The van der Waals surface area contributed by atoms with Crippen LogP contribution in [0.5, 0.6) is 11.5 Å². The highest BCUT2D eigenvalue weighted by molar-refractivity contribution is 5.95. The fraction of sp³-hybridized carbons (Fsp3) is 0.158. The maximum absolute atomic E-state index is 12.4. The van der Waals surface area contributed by atoms with Crippen molar-refractivity contribution < 1.29 is 18.7 Å². The Labute approximate surface area is 143 Å². The van der Waals surface area contributed by atoms with Gasteiger partial charge in [-0.1, -0.05) is 11.6 Å².